The van der Waals surface area contributed by atoms with E-state index >= 15 is 0 Å². The molecule has 4 nitrogen and oxygen atoms in total. The maximum atomic E-state index is 5.46. The van der Waals surface area contributed by atoms with Crippen molar-refractivity contribution in [3.63, 3.8) is 0 Å². The summed E-state index contributed by atoms with van der Waals surface area (Å²) >= 11 is 1.78. The lowest BCUT2D eigenvalue weighted by Gasteiger charge is -2.29. The van der Waals surface area contributed by atoms with Gasteiger partial charge in [-0.3, -0.25) is 0 Å². The van der Waals surface area contributed by atoms with Crippen LogP contribution in [0.3, 0.4) is 0 Å². The van der Waals surface area contributed by atoms with Crippen molar-refractivity contribution >= 4 is 27.2 Å². The highest BCUT2D eigenvalue weighted by atomic mass is 32.1. The lowest BCUT2D eigenvalue weighted by Crippen LogP contribution is -2.36. The van der Waals surface area contributed by atoms with Gasteiger partial charge in [0.15, 0.2) is 0 Å². The van der Waals surface area contributed by atoms with Crippen LogP contribution in [0.15, 0.2) is 12.1 Å². The van der Waals surface area contributed by atoms with Gasteiger partial charge in [0.05, 0.1) is 35.7 Å². The number of aromatic nitrogens is 1. The Bertz CT molecular complexity index is 603. The van der Waals surface area contributed by atoms with Gasteiger partial charge in [-0.05, 0) is 12.1 Å². The Kier molecular flexibility index (Phi) is 3.81. The minimum Gasteiger partial charge on any atom is -0.494 e. The topological polar surface area (TPSA) is 34.6 Å². The summed E-state index contributed by atoms with van der Waals surface area (Å²) in [5, 5.41) is 1.17. The second-order valence-electron chi connectivity index (χ2n) is 5.27. The number of hydrogen-bond donors (Lipinski definition) is 0. The van der Waals surface area contributed by atoms with Crippen LogP contribution in [-0.4, -0.2) is 38.4 Å². The lowest BCUT2D eigenvalue weighted by molar-refractivity contribution is 0.123. The summed E-state index contributed by atoms with van der Waals surface area (Å²) < 4.78 is 12.1. The van der Waals surface area contributed by atoms with Crippen molar-refractivity contribution in [3.05, 3.63) is 17.1 Å². The molecule has 0 unspecified atom stereocenters. The molecule has 0 saturated carbocycles. The highest BCUT2D eigenvalue weighted by Gasteiger charge is 2.19. The quantitative estimate of drug-likeness (QED) is 0.869. The molecule has 0 atom stereocenters. The smallest absolute Gasteiger partial charge is 0.146 e. The summed E-state index contributed by atoms with van der Waals surface area (Å²) in [7, 11) is 1.71. The molecule has 0 spiro atoms. The van der Waals surface area contributed by atoms with Crippen molar-refractivity contribution in [2.24, 2.45) is 0 Å². The first kappa shape index (κ1) is 13.6. The van der Waals surface area contributed by atoms with Gasteiger partial charge in [-0.2, -0.15) is 0 Å². The molecule has 0 bridgehead atoms. The zero-order valence-corrected chi connectivity index (χ0v) is 13.0. The largest absolute Gasteiger partial charge is 0.494 e. The minimum atomic E-state index is 0.439. The molecule has 1 aromatic heterocycles. The van der Waals surface area contributed by atoms with Crippen LogP contribution >= 0.6 is 11.3 Å². The molecule has 2 aromatic rings. The molecule has 1 fully saturated rings. The van der Waals surface area contributed by atoms with Gasteiger partial charge in [-0.25, -0.2) is 4.98 Å². The number of anilines is 1. The Labute approximate surface area is 123 Å². The van der Waals surface area contributed by atoms with Crippen LogP contribution < -0.4 is 9.64 Å². The van der Waals surface area contributed by atoms with E-state index in [1.165, 1.54) is 15.4 Å². The van der Waals surface area contributed by atoms with E-state index in [1.54, 1.807) is 18.4 Å². The molecule has 1 aliphatic rings. The van der Waals surface area contributed by atoms with E-state index in [0.29, 0.717) is 5.92 Å². The van der Waals surface area contributed by atoms with Crippen LogP contribution in [0.5, 0.6) is 5.75 Å². The summed E-state index contributed by atoms with van der Waals surface area (Å²) in [4.78, 5) is 7.16. The zero-order valence-electron chi connectivity index (χ0n) is 12.2. The summed E-state index contributed by atoms with van der Waals surface area (Å²) in [5.74, 6) is 1.30. The van der Waals surface area contributed by atoms with Crippen molar-refractivity contribution in [1.82, 2.24) is 4.98 Å². The summed E-state index contributed by atoms with van der Waals surface area (Å²) in [6, 6.07) is 4.17. The first-order valence-corrected chi connectivity index (χ1v) is 7.82. The number of benzene rings is 1. The second-order valence-corrected chi connectivity index (χ2v) is 6.30. The third kappa shape index (κ3) is 2.36. The van der Waals surface area contributed by atoms with Gasteiger partial charge in [0.25, 0.3) is 0 Å². The molecule has 1 aliphatic heterocycles. The molecule has 0 amide bonds. The van der Waals surface area contributed by atoms with E-state index in [1.807, 2.05) is 6.07 Å². The van der Waals surface area contributed by atoms with Gasteiger partial charge in [-0.1, -0.05) is 13.8 Å². The number of nitrogens with zero attached hydrogens (tertiary/aromatic N) is 2. The first-order valence-electron chi connectivity index (χ1n) is 7.01. The Morgan fingerprint density at radius 2 is 2.05 bits per heavy atom. The van der Waals surface area contributed by atoms with Crippen LogP contribution in [0.4, 0.5) is 5.69 Å². The van der Waals surface area contributed by atoms with E-state index in [2.05, 4.69) is 24.8 Å². The van der Waals surface area contributed by atoms with Crippen molar-refractivity contribution in [3.8, 4) is 5.75 Å². The Hall–Kier alpha value is -1.33. The lowest BCUT2D eigenvalue weighted by atomic mass is 10.2. The fourth-order valence-corrected chi connectivity index (χ4v) is 3.58. The molecule has 108 valence electrons. The summed E-state index contributed by atoms with van der Waals surface area (Å²) in [6.07, 6.45) is 0. The maximum absolute atomic E-state index is 5.46. The molecule has 0 N–H and O–H groups in total. The van der Waals surface area contributed by atoms with E-state index in [-0.39, 0.29) is 0 Å². The Morgan fingerprint density at radius 3 is 2.70 bits per heavy atom. The third-order valence-electron chi connectivity index (χ3n) is 3.57. The number of rotatable bonds is 3. The molecule has 1 saturated heterocycles. The van der Waals surface area contributed by atoms with Crippen LogP contribution in [0, 0.1) is 0 Å². The van der Waals surface area contributed by atoms with Gasteiger partial charge in [0.1, 0.15) is 11.3 Å². The van der Waals surface area contributed by atoms with Crippen LogP contribution in [0.25, 0.3) is 10.2 Å². The number of hydrogen-bond acceptors (Lipinski definition) is 5. The van der Waals surface area contributed by atoms with Crippen molar-refractivity contribution in [1.29, 1.82) is 0 Å². The summed E-state index contributed by atoms with van der Waals surface area (Å²) in [5.41, 5.74) is 2.25. The van der Waals surface area contributed by atoms with Crippen molar-refractivity contribution in [2.45, 2.75) is 19.8 Å². The molecular formula is C15H20N2O2S. The fourth-order valence-electron chi connectivity index (χ4n) is 2.45. The van der Waals surface area contributed by atoms with Gasteiger partial charge in [-0.15, -0.1) is 11.3 Å². The molecule has 2 heterocycles. The standard InChI is InChI=1S/C15H20N2O2S/c1-10(2)15-16-13-12(18-3)5-4-11(14(13)20-15)17-6-8-19-9-7-17/h4-5,10H,6-9H2,1-3H3. The predicted octanol–water partition coefficient (Wildman–Crippen LogP) is 3.26. The first-order chi connectivity index (χ1) is 9.70. The number of morpholine rings is 1. The molecular weight excluding hydrogens is 272 g/mol. The number of thiazole rings is 1. The van der Waals surface area contributed by atoms with Gasteiger partial charge in [0.2, 0.25) is 0 Å². The molecule has 0 aliphatic carbocycles. The van der Waals surface area contributed by atoms with E-state index < -0.39 is 0 Å². The third-order valence-corrected chi connectivity index (χ3v) is 4.95. The van der Waals surface area contributed by atoms with Crippen LogP contribution in [0.1, 0.15) is 24.8 Å². The highest BCUT2D eigenvalue weighted by Crippen LogP contribution is 2.39. The zero-order chi connectivity index (χ0) is 14.1. The average molecular weight is 292 g/mol. The van der Waals surface area contributed by atoms with E-state index in [0.717, 1.165) is 37.6 Å². The van der Waals surface area contributed by atoms with Gasteiger partial charge < -0.3 is 14.4 Å². The highest BCUT2D eigenvalue weighted by molar-refractivity contribution is 7.19. The molecule has 5 heteroatoms. The normalized spacial score (nSPS) is 16.1. The molecule has 20 heavy (non-hydrogen) atoms. The van der Waals surface area contributed by atoms with E-state index in [9.17, 15) is 0 Å². The number of fused-ring (bicyclic) bond motifs is 1. The SMILES string of the molecule is COc1ccc(N2CCOCC2)c2sc(C(C)C)nc12. The Balaban J connectivity index is 2.12. The fraction of sp³-hybridized carbons (Fsp3) is 0.533. The Morgan fingerprint density at radius 1 is 1.30 bits per heavy atom. The maximum Gasteiger partial charge on any atom is 0.146 e. The van der Waals surface area contributed by atoms with Gasteiger partial charge >= 0.3 is 0 Å². The van der Waals surface area contributed by atoms with Crippen LogP contribution in [0.2, 0.25) is 0 Å². The monoisotopic (exact) mass is 292 g/mol. The minimum absolute atomic E-state index is 0.439. The number of methoxy groups -OCH3 is 1. The molecule has 3 rings (SSSR count). The van der Waals surface area contributed by atoms with E-state index in [4.69, 9.17) is 14.5 Å². The molecule has 0 radical (unpaired) electrons. The predicted molar refractivity (Wildman–Crippen MR) is 83.3 cm³/mol. The van der Waals surface area contributed by atoms with Crippen molar-refractivity contribution < 1.29 is 9.47 Å². The van der Waals surface area contributed by atoms with Gasteiger partial charge in [0, 0.05) is 19.0 Å². The van der Waals surface area contributed by atoms with Crippen LogP contribution in [-0.2, 0) is 4.74 Å². The summed E-state index contributed by atoms with van der Waals surface area (Å²) in [6.45, 7) is 7.83. The second kappa shape index (κ2) is 5.58. The average Bonchev–Trinajstić information content (AvgIpc) is 2.92. The van der Waals surface area contributed by atoms with Crippen molar-refractivity contribution in [2.75, 3.05) is 38.3 Å². The number of ether oxygens (including phenoxy) is 2. The molecule has 1 aromatic carbocycles.